The van der Waals surface area contributed by atoms with E-state index in [1.807, 2.05) is 44.3 Å². The Morgan fingerprint density at radius 2 is 1.97 bits per heavy atom. The van der Waals surface area contributed by atoms with Crippen LogP contribution in [0, 0.1) is 0 Å². The fourth-order valence-corrected chi connectivity index (χ4v) is 3.46. The van der Waals surface area contributed by atoms with E-state index in [0.29, 0.717) is 19.5 Å². The number of ether oxygens (including phenoxy) is 1. The zero-order valence-electron chi connectivity index (χ0n) is 18.0. The highest BCUT2D eigenvalue weighted by Crippen LogP contribution is 2.25. The number of fused-ring (bicyclic) bond motifs is 1. The summed E-state index contributed by atoms with van der Waals surface area (Å²) < 4.78 is 5.57. The number of nitrogens with one attached hydrogen (secondary N) is 2. The fraction of sp³-hybridized carbons (Fsp3) is 0.417. The number of amides is 1. The van der Waals surface area contributed by atoms with Crippen molar-refractivity contribution in [2.45, 2.75) is 32.7 Å². The summed E-state index contributed by atoms with van der Waals surface area (Å²) in [5, 5.41) is 6.61. The van der Waals surface area contributed by atoms with E-state index in [1.165, 1.54) is 11.1 Å². The van der Waals surface area contributed by atoms with Gasteiger partial charge in [0.25, 0.3) is 0 Å². The molecule has 2 aromatic rings. The summed E-state index contributed by atoms with van der Waals surface area (Å²) in [4.78, 5) is 18.7. The van der Waals surface area contributed by atoms with Crippen LogP contribution >= 0.6 is 0 Å². The SMILES string of the molecule is CCNC(=NCCC(=O)N(C)Cc1ccccc1)NCCc1ccc2c(c1)CCO2. The van der Waals surface area contributed by atoms with E-state index < -0.39 is 0 Å². The third-order valence-electron chi connectivity index (χ3n) is 5.09. The average molecular weight is 409 g/mol. The number of guanidine groups is 1. The zero-order chi connectivity index (χ0) is 21.2. The second-order valence-corrected chi connectivity index (χ2v) is 7.46. The number of benzene rings is 2. The predicted molar refractivity (Wildman–Crippen MR) is 121 cm³/mol. The lowest BCUT2D eigenvalue weighted by Crippen LogP contribution is -2.38. The molecule has 0 spiro atoms. The van der Waals surface area contributed by atoms with Crippen molar-refractivity contribution in [1.29, 1.82) is 0 Å². The van der Waals surface area contributed by atoms with Crippen LogP contribution in [0.25, 0.3) is 0 Å². The van der Waals surface area contributed by atoms with E-state index in [4.69, 9.17) is 4.74 Å². The first-order valence-corrected chi connectivity index (χ1v) is 10.7. The Morgan fingerprint density at radius 3 is 2.77 bits per heavy atom. The van der Waals surface area contributed by atoms with E-state index >= 15 is 0 Å². The number of nitrogens with zero attached hydrogens (tertiary/aromatic N) is 2. The van der Waals surface area contributed by atoms with Gasteiger partial charge in [0.1, 0.15) is 5.75 Å². The molecule has 6 heteroatoms. The summed E-state index contributed by atoms with van der Waals surface area (Å²) >= 11 is 0. The van der Waals surface area contributed by atoms with Gasteiger partial charge >= 0.3 is 0 Å². The largest absolute Gasteiger partial charge is 0.493 e. The van der Waals surface area contributed by atoms with E-state index in [-0.39, 0.29) is 5.91 Å². The number of carbonyl (C=O) groups is 1. The molecule has 0 bridgehead atoms. The molecule has 160 valence electrons. The molecule has 0 unspecified atom stereocenters. The van der Waals surface area contributed by atoms with E-state index in [0.717, 1.165) is 49.8 Å². The van der Waals surface area contributed by atoms with Gasteiger partial charge in [-0.15, -0.1) is 0 Å². The van der Waals surface area contributed by atoms with Gasteiger partial charge in [-0.2, -0.15) is 0 Å². The molecule has 0 aliphatic carbocycles. The van der Waals surface area contributed by atoms with Gasteiger partial charge in [0.05, 0.1) is 13.2 Å². The molecule has 1 aliphatic heterocycles. The Hall–Kier alpha value is -3.02. The maximum atomic E-state index is 12.4. The molecule has 1 heterocycles. The Kier molecular flexibility index (Phi) is 8.12. The number of hydrogen-bond acceptors (Lipinski definition) is 3. The minimum absolute atomic E-state index is 0.0961. The summed E-state index contributed by atoms with van der Waals surface area (Å²) in [5.41, 5.74) is 3.72. The van der Waals surface area contributed by atoms with E-state index in [9.17, 15) is 4.79 Å². The Balaban J connectivity index is 1.42. The third kappa shape index (κ3) is 6.51. The topological polar surface area (TPSA) is 66.0 Å². The smallest absolute Gasteiger partial charge is 0.224 e. The second kappa shape index (κ2) is 11.2. The van der Waals surface area contributed by atoms with Crippen molar-refractivity contribution >= 4 is 11.9 Å². The van der Waals surface area contributed by atoms with Crippen molar-refractivity contribution in [2.75, 3.05) is 33.3 Å². The lowest BCUT2D eigenvalue weighted by molar-refractivity contribution is -0.130. The molecule has 1 amide bonds. The molecular weight excluding hydrogens is 376 g/mol. The van der Waals surface area contributed by atoms with Crippen LogP contribution in [0.1, 0.15) is 30.0 Å². The van der Waals surface area contributed by atoms with Gasteiger partial charge in [-0.3, -0.25) is 9.79 Å². The first-order chi connectivity index (χ1) is 14.7. The minimum Gasteiger partial charge on any atom is -0.493 e. The number of rotatable bonds is 9. The van der Waals surface area contributed by atoms with Crippen molar-refractivity contribution in [1.82, 2.24) is 15.5 Å². The lowest BCUT2D eigenvalue weighted by Gasteiger charge is -2.17. The van der Waals surface area contributed by atoms with Crippen LogP contribution in [-0.2, 0) is 24.2 Å². The van der Waals surface area contributed by atoms with Crippen molar-refractivity contribution in [3.63, 3.8) is 0 Å². The zero-order valence-corrected chi connectivity index (χ0v) is 18.0. The molecular formula is C24H32N4O2. The van der Waals surface area contributed by atoms with Gasteiger partial charge in [0.2, 0.25) is 5.91 Å². The van der Waals surface area contributed by atoms with Gasteiger partial charge < -0.3 is 20.3 Å². The quantitative estimate of drug-likeness (QED) is 0.495. The van der Waals surface area contributed by atoms with Crippen LogP contribution in [0.15, 0.2) is 53.5 Å². The molecule has 6 nitrogen and oxygen atoms in total. The van der Waals surface area contributed by atoms with Gasteiger partial charge in [-0.25, -0.2) is 0 Å². The van der Waals surface area contributed by atoms with Crippen LogP contribution in [0.4, 0.5) is 0 Å². The molecule has 0 radical (unpaired) electrons. The third-order valence-corrected chi connectivity index (χ3v) is 5.09. The molecule has 0 fully saturated rings. The van der Waals surface area contributed by atoms with Crippen LogP contribution in [0.5, 0.6) is 5.75 Å². The highest BCUT2D eigenvalue weighted by molar-refractivity contribution is 5.80. The Labute approximate surface area is 179 Å². The van der Waals surface area contributed by atoms with Crippen LogP contribution < -0.4 is 15.4 Å². The summed E-state index contributed by atoms with van der Waals surface area (Å²) in [5.74, 6) is 1.86. The van der Waals surface area contributed by atoms with Crippen molar-refractivity contribution in [2.24, 2.45) is 4.99 Å². The Bertz CT molecular complexity index is 852. The first-order valence-electron chi connectivity index (χ1n) is 10.7. The van der Waals surface area contributed by atoms with E-state index in [2.05, 4.69) is 33.8 Å². The van der Waals surface area contributed by atoms with Gasteiger partial charge in [-0.1, -0.05) is 42.5 Å². The maximum Gasteiger partial charge on any atom is 0.224 e. The molecule has 3 rings (SSSR count). The monoisotopic (exact) mass is 408 g/mol. The molecule has 0 aromatic heterocycles. The standard InChI is InChI=1S/C24H32N4O2/c1-3-25-24(26-14-11-19-9-10-22-21(17-19)13-16-30-22)27-15-12-23(29)28(2)18-20-7-5-4-6-8-20/h4-10,17H,3,11-16,18H2,1-2H3,(H2,25,26,27). The van der Waals surface area contributed by atoms with Crippen molar-refractivity contribution in [3.05, 3.63) is 65.2 Å². The van der Waals surface area contributed by atoms with Crippen molar-refractivity contribution < 1.29 is 9.53 Å². The van der Waals surface area contributed by atoms with Crippen LogP contribution in [-0.4, -0.2) is 50.1 Å². The molecule has 2 aromatic carbocycles. The number of aliphatic imine (C=N–C) groups is 1. The second-order valence-electron chi connectivity index (χ2n) is 7.46. The molecule has 1 aliphatic rings. The molecule has 0 saturated carbocycles. The Morgan fingerprint density at radius 1 is 1.13 bits per heavy atom. The maximum absolute atomic E-state index is 12.4. The van der Waals surface area contributed by atoms with Gasteiger partial charge in [0.15, 0.2) is 5.96 Å². The predicted octanol–water partition coefficient (Wildman–Crippen LogP) is 2.77. The highest BCUT2D eigenvalue weighted by Gasteiger charge is 2.12. The minimum atomic E-state index is 0.0961. The van der Waals surface area contributed by atoms with Crippen LogP contribution in [0.3, 0.4) is 0 Å². The molecule has 30 heavy (non-hydrogen) atoms. The first kappa shape index (κ1) is 21.7. The molecule has 0 saturated heterocycles. The van der Waals surface area contributed by atoms with E-state index in [1.54, 1.807) is 4.90 Å². The fourth-order valence-electron chi connectivity index (χ4n) is 3.46. The summed E-state index contributed by atoms with van der Waals surface area (Å²) in [6.45, 7) is 5.47. The molecule has 0 atom stereocenters. The highest BCUT2D eigenvalue weighted by atomic mass is 16.5. The average Bonchev–Trinajstić information content (AvgIpc) is 3.22. The van der Waals surface area contributed by atoms with Gasteiger partial charge in [0, 0.05) is 39.5 Å². The molecule has 2 N–H and O–H groups in total. The van der Waals surface area contributed by atoms with Gasteiger partial charge in [-0.05, 0) is 36.1 Å². The summed E-state index contributed by atoms with van der Waals surface area (Å²) in [6.07, 6.45) is 2.30. The number of carbonyl (C=O) groups excluding carboxylic acids is 1. The normalized spacial score (nSPS) is 12.8. The lowest BCUT2D eigenvalue weighted by atomic mass is 10.1. The summed E-state index contributed by atoms with van der Waals surface area (Å²) in [6, 6.07) is 16.4. The van der Waals surface area contributed by atoms with Crippen LogP contribution in [0.2, 0.25) is 0 Å². The van der Waals surface area contributed by atoms with Crippen molar-refractivity contribution in [3.8, 4) is 5.75 Å². The summed E-state index contributed by atoms with van der Waals surface area (Å²) in [7, 11) is 1.84. The number of hydrogen-bond donors (Lipinski definition) is 2.